The second kappa shape index (κ2) is 12.5. The molecule has 3 heterocycles. The summed E-state index contributed by atoms with van der Waals surface area (Å²) in [7, 11) is 0. The van der Waals surface area contributed by atoms with Crippen LogP contribution < -0.4 is 9.80 Å². The SMILES string of the molecule is CC(C)(C)C1CC=C(c2cc(N3CCOCC3)ccc2N2CCN(CC3CCOCC3)CC2)CC1.Cl. The van der Waals surface area contributed by atoms with E-state index in [1.54, 1.807) is 5.57 Å². The molecular weight excluding hydrogens is 470 g/mol. The van der Waals surface area contributed by atoms with E-state index in [0.717, 1.165) is 64.4 Å². The Balaban J connectivity index is 0.00000304. The van der Waals surface area contributed by atoms with Gasteiger partial charge in [-0.25, -0.2) is 0 Å². The van der Waals surface area contributed by atoms with Crippen molar-refractivity contribution in [1.82, 2.24) is 4.90 Å². The van der Waals surface area contributed by atoms with Gasteiger partial charge in [-0.3, -0.25) is 4.90 Å². The second-order valence-corrected chi connectivity index (χ2v) is 12.2. The second-order valence-electron chi connectivity index (χ2n) is 12.2. The van der Waals surface area contributed by atoms with E-state index in [1.165, 1.54) is 68.7 Å². The first-order chi connectivity index (χ1) is 17.0. The first-order valence-electron chi connectivity index (χ1n) is 14.2. The summed E-state index contributed by atoms with van der Waals surface area (Å²) in [5.41, 5.74) is 6.26. The molecule has 3 aliphatic heterocycles. The van der Waals surface area contributed by atoms with E-state index in [9.17, 15) is 0 Å². The van der Waals surface area contributed by atoms with E-state index >= 15 is 0 Å². The van der Waals surface area contributed by atoms with Crippen molar-refractivity contribution in [3.05, 3.63) is 29.8 Å². The highest BCUT2D eigenvalue weighted by Crippen LogP contribution is 2.42. The van der Waals surface area contributed by atoms with Crippen molar-refractivity contribution >= 4 is 29.4 Å². The number of rotatable bonds is 5. The zero-order chi connectivity index (χ0) is 24.3. The summed E-state index contributed by atoms with van der Waals surface area (Å²) in [4.78, 5) is 7.86. The minimum Gasteiger partial charge on any atom is -0.381 e. The van der Waals surface area contributed by atoms with E-state index in [0.29, 0.717) is 5.41 Å². The number of anilines is 2. The lowest BCUT2D eigenvalue weighted by atomic mass is 9.72. The van der Waals surface area contributed by atoms with Gasteiger partial charge in [0.2, 0.25) is 0 Å². The molecule has 0 saturated carbocycles. The first kappa shape index (κ1) is 27.8. The molecule has 6 heteroatoms. The maximum atomic E-state index is 5.62. The van der Waals surface area contributed by atoms with Gasteiger partial charge in [-0.15, -0.1) is 12.4 Å². The van der Waals surface area contributed by atoms with Crippen LogP contribution in [-0.2, 0) is 9.47 Å². The molecule has 3 saturated heterocycles. The van der Waals surface area contributed by atoms with Crippen LogP contribution >= 0.6 is 12.4 Å². The zero-order valence-electron chi connectivity index (χ0n) is 22.8. The maximum Gasteiger partial charge on any atom is 0.0642 e. The summed E-state index contributed by atoms with van der Waals surface area (Å²) in [5, 5.41) is 0. The van der Waals surface area contributed by atoms with Crippen molar-refractivity contribution in [1.29, 1.82) is 0 Å². The van der Waals surface area contributed by atoms with Crippen LogP contribution in [0.1, 0.15) is 58.4 Å². The third kappa shape index (κ3) is 6.78. The lowest BCUT2D eigenvalue weighted by molar-refractivity contribution is 0.0517. The lowest BCUT2D eigenvalue weighted by Crippen LogP contribution is -2.48. The lowest BCUT2D eigenvalue weighted by Gasteiger charge is -2.40. The Kier molecular flexibility index (Phi) is 9.65. The fourth-order valence-corrected chi connectivity index (χ4v) is 6.41. The molecule has 1 aliphatic carbocycles. The molecule has 1 atom stereocenters. The molecule has 0 aromatic heterocycles. The average Bonchev–Trinajstić information content (AvgIpc) is 2.90. The number of allylic oxidation sites excluding steroid dienone is 2. The minimum absolute atomic E-state index is 0. The summed E-state index contributed by atoms with van der Waals surface area (Å²) in [6, 6.07) is 7.28. The molecular formula is C30H48ClN3O2. The molecule has 1 unspecified atom stereocenters. The Morgan fingerprint density at radius 3 is 2.17 bits per heavy atom. The van der Waals surface area contributed by atoms with Gasteiger partial charge in [0.25, 0.3) is 0 Å². The van der Waals surface area contributed by atoms with Crippen LogP contribution in [0.2, 0.25) is 0 Å². The van der Waals surface area contributed by atoms with Gasteiger partial charge in [0.15, 0.2) is 0 Å². The zero-order valence-corrected chi connectivity index (χ0v) is 23.7. The Morgan fingerprint density at radius 2 is 1.53 bits per heavy atom. The monoisotopic (exact) mass is 517 g/mol. The van der Waals surface area contributed by atoms with Gasteiger partial charge in [-0.05, 0) is 73.1 Å². The smallest absolute Gasteiger partial charge is 0.0642 e. The van der Waals surface area contributed by atoms with Gasteiger partial charge >= 0.3 is 0 Å². The molecule has 3 fully saturated rings. The predicted octanol–water partition coefficient (Wildman–Crippen LogP) is 5.72. The maximum absolute atomic E-state index is 5.62. The highest BCUT2D eigenvalue weighted by Gasteiger charge is 2.29. The molecule has 4 aliphatic rings. The summed E-state index contributed by atoms with van der Waals surface area (Å²) in [6.07, 6.45) is 8.75. The van der Waals surface area contributed by atoms with Crippen molar-refractivity contribution in [2.24, 2.45) is 17.3 Å². The quantitative estimate of drug-likeness (QED) is 0.498. The number of piperazine rings is 1. The van der Waals surface area contributed by atoms with Gasteiger partial charge < -0.3 is 19.3 Å². The predicted molar refractivity (Wildman–Crippen MR) is 154 cm³/mol. The number of ether oxygens (including phenoxy) is 2. The Hall–Kier alpha value is -1.27. The molecule has 36 heavy (non-hydrogen) atoms. The van der Waals surface area contributed by atoms with Gasteiger partial charge in [-0.1, -0.05) is 26.8 Å². The van der Waals surface area contributed by atoms with Crippen LogP contribution in [0.3, 0.4) is 0 Å². The molecule has 5 rings (SSSR count). The molecule has 0 amide bonds. The van der Waals surface area contributed by atoms with Gasteiger partial charge in [0.1, 0.15) is 0 Å². The summed E-state index contributed by atoms with van der Waals surface area (Å²) in [6.45, 7) is 18.6. The molecule has 0 spiro atoms. The van der Waals surface area contributed by atoms with Gasteiger partial charge in [-0.2, -0.15) is 0 Å². The van der Waals surface area contributed by atoms with Gasteiger partial charge in [0, 0.05) is 76.0 Å². The van der Waals surface area contributed by atoms with Crippen molar-refractivity contribution in [3.63, 3.8) is 0 Å². The number of benzene rings is 1. The van der Waals surface area contributed by atoms with E-state index < -0.39 is 0 Å². The standard InChI is InChI=1S/C30H47N3O2.ClH/c1-30(2,3)26-6-4-25(5-7-26)28-22-27(32-16-20-35-21-17-32)8-9-29(28)33-14-12-31(13-15-33)23-24-10-18-34-19-11-24;/h4,8-9,22,24,26H,5-7,10-21,23H2,1-3H3;1H. The molecule has 1 aromatic rings. The summed E-state index contributed by atoms with van der Waals surface area (Å²) < 4.78 is 11.2. The molecule has 202 valence electrons. The number of hydrogen-bond acceptors (Lipinski definition) is 5. The van der Waals surface area contributed by atoms with Crippen LogP contribution in [0.4, 0.5) is 11.4 Å². The third-order valence-corrected chi connectivity index (χ3v) is 8.91. The Morgan fingerprint density at radius 1 is 0.833 bits per heavy atom. The highest BCUT2D eigenvalue weighted by molar-refractivity contribution is 5.85. The fourth-order valence-electron chi connectivity index (χ4n) is 6.41. The first-order valence-corrected chi connectivity index (χ1v) is 14.2. The van der Waals surface area contributed by atoms with Crippen LogP contribution in [0.15, 0.2) is 24.3 Å². The van der Waals surface area contributed by atoms with Crippen molar-refractivity contribution in [2.75, 3.05) is 82.0 Å². The minimum atomic E-state index is 0. The number of hydrogen-bond donors (Lipinski definition) is 0. The van der Waals surface area contributed by atoms with Crippen molar-refractivity contribution < 1.29 is 9.47 Å². The van der Waals surface area contributed by atoms with Crippen LogP contribution in [0.5, 0.6) is 0 Å². The van der Waals surface area contributed by atoms with E-state index in [2.05, 4.69) is 59.7 Å². The van der Waals surface area contributed by atoms with Crippen LogP contribution in [0.25, 0.3) is 5.57 Å². The number of nitrogens with zero attached hydrogens (tertiary/aromatic N) is 3. The molecule has 0 N–H and O–H groups in total. The summed E-state index contributed by atoms with van der Waals surface area (Å²) >= 11 is 0. The topological polar surface area (TPSA) is 28.2 Å². The molecule has 5 nitrogen and oxygen atoms in total. The normalized spacial score (nSPS) is 24.9. The Labute approximate surface area is 225 Å². The third-order valence-electron chi connectivity index (χ3n) is 8.91. The van der Waals surface area contributed by atoms with Gasteiger partial charge in [0.05, 0.1) is 13.2 Å². The molecule has 1 aromatic carbocycles. The van der Waals surface area contributed by atoms with E-state index in [-0.39, 0.29) is 12.4 Å². The number of halogens is 1. The molecule has 0 bridgehead atoms. The van der Waals surface area contributed by atoms with Crippen LogP contribution in [-0.4, -0.2) is 77.1 Å². The largest absolute Gasteiger partial charge is 0.381 e. The van der Waals surface area contributed by atoms with Crippen molar-refractivity contribution in [3.8, 4) is 0 Å². The van der Waals surface area contributed by atoms with E-state index in [4.69, 9.17) is 9.47 Å². The van der Waals surface area contributed by atoms with Crippen LogP contribution in [0, 0.1) is 17.3 Å². The van der Waals surface area contributed by atoms with Crippen molar-refractivity contribution in [2.45, 2.75) is 52.9 Å². The summed E-state index contributed by atoms with van der Waals surface area (Å²) in [5.74, 6) is 1.60. The Bertz CT molecular complexity index is 863. The highest BCUT2D eigenvalue weighted by atomic mass is 35.5. The average molecular weight is 518 g/mol. The molecule has 0 radical (unpaired) electrons. The fraction of sp³-hybridized carbons (Fsp3) is 0.733. The van der Waals surface area contributed by atoms with E-state index in [1.807, 2.05) is 0 Å². The number of morpholine rings is 1.